The van der Waals surface area contributed by atoms with E-state index in [0.717, 1.165) is 16.6 Å². The van der Waals surface area contributed by atoms with Gasteiger partial charge < -0.3 is 0 Å². The molecule has 0 saturated heterocycles. The predicted molar refractivity (Wildman–Crippen MR) is 85.1 cm³/mol. The smallest absolute Gasteiger partial charge is 0.239 e. The third-order valence-corrected chi connectivity index (χ3v) is 5.16. The van der Waals surface area contributed by atoms with E-state index in [1.807, 2.05) is 0 Å². The highest BCUT2D eigenvalue weighted by atomic mass is 32.2. The molecule has 0 atom stereocenters. The summed E-state index contributed by atoms with van der Waals surface area (Å²) < 4.78 is 13.8. The first-order valence-electron chi connectivity index (χ1n) is 6.40. The summed E-state index contributed by atoms with van der Waals surface area (Å²) in [6, 6.07) is 8.70. The van der Waals surface area contributed by atoms with Gasteiger partial charge in [-0.05, 0) is 24.6 Å². The third kappa shape index (κ3) is 2.85. The van der Waals surface area contributed by atoms with E-state index >= 15 is 0 Å². The average Bonchev–Trinajstić information content (AvgIpc) is 2.92. The van der Waals surface area contributed by atoms with Crippen LogP contribution in [0.1, 0.15) is 11.8 Å². The summed E-state index contributed by atoms with van der Waals surface area (Å²) in [5, 5.41) is 1.64. The molecule has 2 heterocycles. The summed E-state index contributed by atoms with van der Waals surface area (Å²) in [4.78, 5) is 11.3. The van der Waals surface area contributed by atoms with Crippen molar-refractivity contribution in [3.8, 4) is 0 Å². The molecule has 0 unspecified atom stereocenters. The third-order valence-electron chi connectivity index (χ3n) is 2.93. The molecule has 0 aliphatic carbocycles. The lowest BCUT2D eigenvalue weighted by Gasteiger charge is -2.05. The van der Waals surface area contributed by atoms with Gasteiger partial charge in [0.1, 0.15) is 15.7 Å². The second-order valence-electron chi connectivity index (χ2n) is 4.31. The highest BCUT2D eigenvalue weighted by Gasteiger charge is 2.13. The zero-order valence-corrected chi connectivity index (χ0v) is 12.9. The van der Waals surface area contributed by atoms with Crippen LogP contribution in [0, 0.1) is 5.82 Å². The van der Waals surface area contributed by atoms with Crippen molar-refractivity contribution in [2.24, 2.45) is 5.84 Å². The second-order valence-corrected chi connectivity index (χ2v) is 6.46. The minimum absolute atomic E-state index is 0.262. The normalized spacial score (nSPS) is 11.0. The van der Waals surface area contributed by atoms with Crippen molar-refractivity contribution in [3.63, 3.8) is 0 Å². The monoisotopic (exact) mass is 320 g/mol. The molecule has 108 valence electrons. The van der Waals surface area contributed by atoms with Gasteiger partial charge in [-0.1, -0.05) is 30.8 Å². The highest BCUT2D eigenvalue weighted by Crippen LogP contribution is 2.36. The molecule has 1 aromatic carbocycles. The zero-order valence-electron chi connectivity index (χ0n) is 11.3. The van der Waals surface area contributed by atoms with Gasteiger partial charge in [0, 0.05) is 15.2 Å². The standard InChI is InChI=1S/C14H13FN4S2/c1-2-8-7-9-12(20-8)17-14(19-16)18-13(9)21-11-6-4-3-5-10(11)15/h3-7H,2,16H2,1H3,(H,17,18,19). The fourth-order valence-corrected chi connectivity index (χ4v) is 3.84. The molecule has 0 aliphatic heterocycles. The van der Waals surface area contributed by atoms with E-state index in [4.69, 9.17) is 5.84 Å². The number of benzene rings is 1. The number of nitrogens with one attached hydrogen (secondary N) is 1. The number of aryl methyl sites for hydroxylation is 1. The molecule has 3 rings (SSSR count). The SMILES string of the molecule is CCc1cc2c(Sc3ccccc3F)nc(NN)nc2s1. The van der Waals surface area contributed by atoms with Crippen LogP contribution in [-0.4, -0.2) is 9.97 Å². The summed E-state index contributed by atoms with van der Waals surface area (Å²) >= 11 is 2.88. The van der Waals surface area contributed by atoms with Gasteiger partial charge in [0.05, 0.1) is 0 Å². The molecule has 0 amide bonds. The van der Waals surface area contributed by atoms with Crippen LogP contribution < -0.4 is 11.3 Å². The number of fused-ring (bicyclic) bond motifs is 1. The fraction of sp³-hybridized carbons (Fsp3) is 0.143. The molecule has 3 N–H and O–H groups in total. The Hall–Kier alpha value is -1.70. The Labute approximate surface area is 129 Å². The van der Waals surface area contributed by atoms with Crippen LogP contribution in [-0.2, 0) is 6.42 Å². The number of hydrogen-bond donors (Lipinski definition) is 2. The first-order valence-corrected chi connectivity index (χ1v) is 8.04. The van der Waals surface area contributed by atoms with Crippen molar-refractivity contribution in [3.05, 3.63) is 41.0 Å². The number of thiophene rings is 1. The summed E-state index contributed by atoms with van der Waals surface area (Å²) in [6.07, 6.45) is 0.927. The second kappa shape index (κ2) is 5.97. The number of hydrazine groups is 1. The van der Waals surface area contributed by atoms with Crippen LogP contribution in [0.25, 0.3) is 10.2 Å². The van der Waals surface area contributed by atoms with Crippen LogP contribution in [0.5, 0.6) is 0 Å². The lowest BCUT2D eigenvalue weighted by Crippen LogP contribution is -2.10. The number of hydrogen-bond acceptors (Lipinski definition) is 6. The highest BCUT2D eigenvalue weighted by molar-refractivity contribution is 7.99. The number of rotatable bonds is 4. The average molecular weight is 320 g/mol. The van der Waals surface area contributed by atoms with Crippen molar-refractivity contribution in [2.75, 3.05) is 5.43 Å². The molecule has 3 aromatic rings. The minimum Gasteiger partial charge on any atom is -0.292 e. The Balaban J connectivity index is 2.11. The van der Waals surface area contributed by atoms with Crippen LogP contribution in [0.2, 0.25) is 0 Å². The number of anilines is 1. The summed E-state index contributed by atoms with van der Waals surface area (Å²) in [7, 11) is 0. The van der Waals surface area contributed by atoms with Crippen molar-refractivity contribution in [1.29, 1.82) is 0 Å². The maximum absolute atomic E-state index is 13.8. The predicted octanol–water partition coefficient (Wildman–Crippen LogP) is 3.83. The molecular formula is C14H13FN4S2. The molecule has 0 fully saturated rings. The Morgan fingerprint density at radius 2 is 2.14 bits per heavy atom. The molecule has 2 aromatic heterocycles. The molecule has 0 saturated carbocycles. The van der Waals surface area contributed by atoms with Crippen LogP contribution >= 0.6 is 23.1 Å². The van der Waals surface area contributed by atoms with Crippen LogP contribution in [0.15, 0.2) is 40.3 Å². The molecule has 7 heteroatoms. The maximum Gasteiger partial charge on any atom is 0.239 e. The van der Waals surface area contributed by atoms with E-state index in [9.17, 15) is 4.39 Å². The Morgan fingerprint density at radius 1 is 1.33 bits per heavy atom. The summed E-state index contributed by atoms with van der Waals surface area (Å²) in [5.41, 5.74) is 2.46. The van der Waals surface area contributed by atoms with Gasteiger partial charge in [-0.3, -0.25) is 5.43 Å². The van der Waals surface area contributed by atoms with Gasteiger partial charge in [-0.25, -0.2) is 20.2 Å². The number of nitrogens with two attached hydrogens (primary N) is 1. The molecule has 0 radical (unpaired) electrons. The van der Waals surface area contributed by atoms with Gasteiger partial charge in [0.2, 0.25) is 5.95 Å². The maximum atomic E-state index is 13.8. The zero-order chi connectivity index (χ0) is 14.8. The van der Waals surface area contributed by atoms with E-state index in [-0.39, 0.29) is 5.82 Å². The molecule has 4 nitrogen and oxygen atoms in total. The number of nitrogens with zero attached hydrogens (tertiary/aromatic N) is 2. The molecular weight excluding hydrogens is 307 g/mol. The quantitative estimate of drug-likeness (QED) is 0.434. The van der Waals surface area contributed by atoms with Crippen LogP contribution in [0.4, 0.5) is 10.3 Å². The van der Waals surface area contributed by atoms with Gasteiger partial charge in [-0.15, -0.1) is 11.3 Å². The Kier molecular flexibility index (Phi) is 4.05. The number of aromatic nitrogens is 2. The fourth-order valence-electron chi connectivity index (χ4n) is 1.89. The van der Waals surface area contributed by atoms with Crippen molar-refractivity contribution < 1.29 is 4.39 Å². The first-order chi connectivity index (χ1) is 10.2. The van der Waals surface area contributed by atoms with Crippen molar-refractivity contribution in [2.45, 2.75) is 23.3 Å². The number of halogens is 1. The van der Waals surface area contributed by atoms with Crippen molar-refractivity contribution >= 4 is 39.3 Å². The molecule has 21 heavy (non-hydrogen) atoms. The van der Waals surface area contributed by atoms with E-state index in [2.05, 4.69) is 28.4 Å². The van der Waals surface area contributed by atoms with E-state index in [0.29, 0.717) is 15.9 Å². The van der Waals surface area contributed by atoms with E-state index < -0.39 is 0 Å². The van der Waals surface area contributed by atoms with Gasteiger partial charge in [-0.2, -0.15) is 0 Å². The van der Waals surface area contributed by atoms with E-state index in [1.165, 1.54) is 22.7 Å². The van der Waals surface area contributed by atoms with Crippen LogP contribution in [0.3, 0.4) is 0 Å². The number of nitrogen functional groups attached to an aromatic ring is 1. The first kappa shape index (κ1) is 14.2. The van der Waals surface area contributed by atoms with Crippen molar-refractivity contribution in [1.82, 2.24) is 9.97 Å². The topological polar surface area (TPSA) is 63.8 Å². The lowest BCUT2D eigenvalue weighted by molar-refractivity contribution is 0.602. The summed E-state index contributed by atoms with van der Waals surface area (Å²) in [5.74, 6) is 5.50. The van der Waals surface area contributed by atoms with Gasteiger partial charge in [0.15, 0.2) is 0 Å². The molecule has 0 aliphatic rings. The summed E-state index contributed by atoms with van der Waals surface area (Å²) in [6.45, 7) is 2.09. The molecule has 0 bridgehead atoms. The molecule has 0 spiro atoms. The van der Waals surface area contributed by atoms with E-state index in [1.54, 1.807) is 29.5 Å². The Bertz CT molecular complexity index is 788. The minimum atomic E-state index is -0.262. The largest absolute Gasteiger partial charge is 0.292 e. The lowest BCUT2D eigenvalue weighted by atomic mass is 10.3. The van der Waals surface area contributed by atoms with Gasteiger partial charge in [0.25, 0.3) is 0 Å². The van der Waals surface area contributed by atoms with Gasteiger partial charge >= 0.3 is 0 Å². The Morgan fingerprint density at radius 3 is 2.86 bits per heavy atom.